The molecule has 1 aliphatic heterocycles. The van der Waals surface area contributed by atoms with Crippen LogP contribution in [-0.4, -0.2) is 48.8 Å². The number of hydrogen-bond donors (Lipinski definition) is 1. The zero-order valence-electron chi connectivity index (χ0n) is 10.2. The second-order valence-electron chi connectivity index (χ2n) is 4.06. The zero-order chi connectivity index (χ0) is 13.0. The predicted molar refractivity (Wildman–Crippen MR) is 68.5 cm³/mol. The molecule has 1 N–H and O–H groups in total. The quantitative estimate of drug-likeness (QED) is 0.819. The Balaban J connectivity index is 2.38. The van der Waals surface area contributed by atoms with Crippen LogP contribution in [0.2, 0.25) is 5.15 Å². The average Bonchev–Trinajstić information content (AvgIpc) is 2.40. The summed E-state index contributed by atoms with van der Waals surface area (Å²) >= 11 is 5.86. The first-order valence-corrected chi connectivity index (χ1v) is 6.30. The largest absolute Gasteiger partial charge is 0.522 e. The van der Waals surface area contributed by atoms with Gasteiger partial charge in [-0.1, -0.05) is 11.6 Å². The van der Waals surface area contributed by atoms with Crippen LogP contribution in [0, 0.1) is 0 Å². The van der Waals surface area contributed by atoms with Gasteiger partial charge in [0.15, 0.2) is 5.15 Å². The number of carbonyl (C=O) groups is 1. The normalized spacial score (nSPS) is 18.3. The number of ether oxygens (including phenoxy) is 1. The average molecular weight is 272 g/mol. The molecule has 0 saturated carbocycles. The third-order valence-electron chi connectivity index (χ3n) is 2.99. The monoisotopic (exact) mass is 271 g/mol. The molecular weight excluding hydrogens is 256 g/mol. The lowest BCUT2D eigenvalue weighted by Gasteiger charge is -2.35. The van der Waals surface area contributed by atoms with Crippen LogP contribution < -0.4 is 9.80 Å². The molecule has 0 atom stereocenters. The third kappa shape index (κ3) is 2.45. The molecule has 1 amide bonds. The molecule has 0 aliphatic carbocycles. The van der Waals surface area contributed by atoms with Gasteiger partial charge in [0.05, 0.1) is 12.8 Å². The van der Waals surface area contributed by atoms with Crippen molar-refractivity contribution in [1.82, 2.24) is 19.8 Å². The number of hydrogen-bond acceptors (Lipinski definition) is 5. The molecule has 1 saturated heterocycles. The second-order valence-corrected chi connectivity index (χ2v) is 4.45. The van der Waals surface area contributed by atoms with Crippen molar-refractivity contribution in [3.8, 4) is 0 Å². The number of carbonyl (C=O) groups excluding carboxylic acids is 1. The maximum Gasteiger partial charge on any atom is 0.522 e. The Kier molecular flexibility index (Phi) is 4.11. The minimum atomic E-state index is -0.296. The molecule has 2 rings (SSSR count). The molecule has 0 bridgehead atoms. The third-order valence-corrected chi connectivity index (χ3v) is 3.17. The van der Waals surface area contributed by atoms with Crippen molar-refractivity contribution in [2.75, 3.05) is 32.8 Å². The van der Waals surface area contributed by atoms with Crippen LogP contribution in [0.1, 0.15) is 6.92 Å². The molecule has 7 heteroatoms. The summed E-state index contributed by atoms with van der Waals surface area (Å²) < 4.78 is 5.22. The highest BCUT2D eigenvalue weighted by Gasteiger charge is 2.44. The van der Waals surface area contributed by atoms with Crippen LogP contribution in [-0.2, 0) is 4.74 Å². The Bertz CT molecular complexity index is 435. The van der Waals surface area contributed by atoms with E-state index in [9.17, 15) is 4.79 Å². The molecule has 98 valence electrons. The van der Waals surface area contributed by atoms with E-state index in [1.54, 1.807) is 13.1 Å². The Hall–Kier alpha value is -1.24. The molecular formula is C11H16ClN4O2+. The van der Waals surface area contributed by atoms with Gasteiger partial charge in [-0.3, -0.25) is 4.98 Å². The highest BCUT2D eigenvalue weighted by atomic mass is 35.5. The maximum atomic E-state index is 12.2. The first kappa shape index (κ1) is 13.2. The van der Waals surface area contributed by atoms with Gasteiger partial charge in [-0.05, 0) is 6.92 Å². The minimum absolute atomic E-state index is 0.0500. The van der Waals surface area contributed by atoms with Crippen molar-refractivity contribution >= 4 is 23.5 Å². The number of halogens is 1. The summed E-state index contributed by atoms with van der Waals surface area (Å²) in [6.07, 6.45) is 2.74. The van der Waals surface area contributed by atoms with Gasteiger partial charge in [-0.15, -0.1) is 0 Å². The van der Waals surface area contributed by atoms with E-state index in [1.165, 1.54) is 6.20 Å². The topological polar surface area (TPSA) is 64.1 Å². The van der Waals surface area contributed by atoms with E-state index in [2.05, 4.69) is 15.3 Å². The van der Waals surface area contributed by atoms with E-state index in [0.29, 0.717) is 25.5 Å². The Labute approximate surface area is 111 Å². The summed E-state index contributed by atoms with van der Waals surface area (Å²) in [6, 6.07) is 0. The van der Waals surface area contributed by atoms with Gasteiger partial charge in [0, 0.05) is 13.1 Å². The van der Waals surface area contributed by atoms with Crippen LogP contribution in [0.15, 0.2) is 12.4 Å². The second kappa shape index (κ2) is 5.60. The highest BCUT2D eigenvalue weighted by Crippen LogP contribution is 2.23. The first-order valence-electron chi connectivity index (χ1n) is 5.92. The number of quaternary nitrogens is 1. The number of rotatable bonds is 2. The van der Waals surface area contributed by atoms with Crippen LogP contribution in [0.4, 0.5) is 10.6 Å². The molecule has 1 fully saturated rings. The van der Waals surface area contributed by atoms with Crippen LogP contribution in [0.3, 0.4) is 0 Å². The van der Waals surface area contributed by atoms with E-state index in [4.69, 9.17) is 16.3 Å². The van der Waals surface area contributed by atoms with Crippen LogP contribution >= 0.6 is 11.6 Å². The van der Waals surface area contributed by atoms with Crippen molar-refractivity contribution in [3.05, 3.63) is 17.5 Å². The predicted octanol–water partition coefficient (Wildman–Crippen LogP) is 1.20. The smallest absolute Gasteiger partial charge is 0.420 e. The van der Waals surface area contributed by atoms with Crippen LogP contribution in [0.5, 0.6) is 0 Å². The molecule has 1 aromatic heterocycles. The lowest BCUT2D eigenvalue weighted by Crippen LogP contribution is -2.63. The zero-order valence-corrected chi connectivity index (χ0v) is 11.0. The van der Waals surface area contributed by atoms with Gasteiger partial charge in [0.2, 0.25) is 0 Å². The van der Waals surface area contributed by atoms with Crippen molar-refractivity contribution < 1.29 is 9.53 Å². The van der Waals surface area contributed by atoms with Gasteiger partial charge in [-0.25, -0.2) is 0 Å². The maximum absolute atomic E-state index is 12.2. The standard InChI is InChI=1S/C11H16ClN4O2/c1-2-18-11(17)16(5-3-13-4-6-16)10-8-14-7-9(12)15-10/h7-8,13H,2-6H2,1H3/q+1. The number of nitrogens with one attached hydrogen (secondary N) is 1. The van der Waals surface area contributed by atoms with E-state index < -0.39 is 0 Å². The van der Waals surface area contributed by atoms with Crippen molar-refractivity contribution in [2.24, 2.45) is 0 Å². The van der Waals surface area contributed by atoms with Crippen molar-refractivity contribution in [1.29, 1.82) is 0 Å². The number of aromatic nitrogens is 2. The Morgan fingerprint density at radius 1 is 1.50 bits per heavy atom. The van der Waals surface area contributed by atoms with Gasteiger partial charge >= 0.3 is 6.09 Å². The summed E-state index contributed by atoms with van der Waals surface area (Å²) in [4.78, 5) is 20.5. The summed E-state index contributed by atoms with van der Waals surface area (Å²) in [5, 5.41) is 3.50. The van der Waals surface area contributed by atoms with Crippen molar-refractivity contribution in [3.63, 3.8) is 0 Å². The van der Waals surface area contributed by atoms with Gasteiger partial charge < -0.3 is 10.1 Å². The van der Waals surface area contributed by atoms with E-state index in [0.717, 1.165) is 13.1 Å². The fraction of sp³-hybridized carbons (Fsp3) is 0.545. The summed E-state index contributed by atoms with van der Waals surface area (Å²) in [6.45, 7) is 4.78. The van der Waals surface area contributed by atoms with Crippen molar-refractivity contribution in [2.45, 2.75) is 6.92 Å². The van der Waals surface area contributed by atoms with Gasteiger partial charge in [-0.2, -0.15) is 14.3 Å². The Morgan fingerprint density at radius 3 is 2.83 bits per heavy atom. The molecule has 0 radical (unpaired) electrons. The lowest BCUT2D eigenvalue weighted by atomic mass is 10.3. The highest BCUT2D eigenvalue weighted by molar-refractivity contribution is 6.29. The van der Waals surface area contributed by atoms with Crippen LogP contribution in [0.25, 0.3) is 0 Å². The molecule has 2 heterocycles. The molecule has 1 aromatic rings. The summed E-state index contributed by atoms with van der Waals surface area (Å²) in [7, 11) is 0. The van der Waals surface area contributed by atoms with Gasteiger partial charge in [0.25, 0.3) is 5.82 Å². The fourth-order valence-corrected chi connectivity index (χ4v) is 2.21. The van der Waals surface area contributed by atoms with E-state index in [1.807, 2.05) is 0 Å². The summed E-state index contributed by atoms with van der Waals surface area (Å²) in [5.74, 6) is 0.544. The number of amides is 1. The van der Waals surface area contributed by atoms with Gasteiger partial charge in [0.1, 0.15) is 19.3 Å². The summed E-state index contributed by atoms with van der Waals surface area (Å²) in [5.41, 5.74) is 0. The molecule has 0 aromatic carbocycles. The molecule has 1 aliphatic rings. The van der Waals surface area contributed by atoms with E-state index in [-0.39, 0.29) is 15.7 Å². The number of piperazine rings is 1. The Morgan fingerprint density at radius 2 is 2.22 bits per heavy atom. The molecule has 6 nitrogen and oxygen atoms in total. The van der Waals surface area contributed by atoms with E-state index >= 15 is 0 Å². The lowest BCUT2D eigenvalue weighted by molar-refractivity contribution is 0.102. The molecule has 18 heavy (non-hydrogen) atoms. The molecule has 0 spiro atoms. The SMILES string of the molecule is CCOC(=O)[N+]1(c2cncc(Cl)n2)CCNCC1. The molecule has 0 unspecified atom stereocenters. The first-order chi connectivity index (χ1) is 8.69. The minimum Gasteiger partial charge on any atom is -0.420 e. The fourth-order valence-electron chi connectivity index (χ4n) is 2.07. The number of nitrogens with zero attached hydrogens (tertiary/aromatic N) is 3.